The molecule has 4 aromatic rings. The molecule has 2 N–H and O–H groups in total. The molecule has 4 rings (SSSR count). The summed E-state index contributed by atoms with van der Waals surface area (Å²) in [5.41, 5.74) is 2.68. The lowest BCUT2D eigenvalue weighted by molar-refractivity contribution is 0.174. The predicted octanol–water partition coefficient (Wildman–Crippen LogP) is 5.44. The predicted molar refractivity (Wildman–Crippen MR) is 128 cm³/mol. The lowest BCUT2D eigenvalue weighted by Crippen LogP contribution is -2.14. The number of nitrogens with zero attached hydrogens (tertiary/aromatic N) is 3. The number of aliphatic hydroxyl groups is 1. The molecule has 0 aliphatic carbocycles. The van der Waals surface area contributed by atoms with Crippen LogP contribution in [-0.4, -0.2) is 32.8 Å². The van der Waals surface area contributed by atoms with E-state index < -0.39 is 6.10 Å². The van der Waals surface area contributed by atoms with Gasteiger partial charge in [0.1, 0.15) is 17.1 Å². The average Bonchev–Trinajstić information content (AvgIpc) is 3.13. The number of unbranched alkanes of at least 4 members (excludes halogenated alkanes) is 1. The molecule has 0 radical (unpaired) electrons. The molecule has 2 aromatic heterocycles. The number of anilines is 1. The van der Waals surface area contributed by atoms with Crippen molar-refractivity contribution in [1.82, 2.24) is 14.5 Å². The number of aliphatic hydroxyl groups excluding tert-OH is 1. The molecule has 0 spiro atoms. The zero-order valence-corrected chi connectivity index (χ0v) is 18.9. The Kier molecular flexibility index (Phi) is 6.63. The highest BCUT2D eigenvalue weighted by atomic mass is 32.2. The van der Waals surface area contributed by atoms with E-state index in [-0.39, 0.29) is 0 Å². The fourth-order valence-electron chi connectivity index (χ4n) is 3.70. The summed E-state index contributed by atoms with van der Waals surface area (Å²) in [7, 11) is 1.86. The summed E-state index contributed by atoms with van der Waals surface area (Å²) in [5.74, 6) is 2.46. The van der Waals surface area contributed by atoms with E-state index in [9.17, 15) is 5.11 Å². The number of aromatic nitrogens is 3. The Morgan fingerprint density at radius 1 is 1.16 bits per heavy atom. The van der Waals surface area contributed by atoms with Gasteiger partial charge in [-0.3, -0.25) is 0 Å². The minimum atomic E-state index is -0.469. The van der Waals surface area contributed by atoms with Gasteiger partial charge in [0.25, 0.3) is 0 Å². The third-order valence-electron chi connectivity index (χ3n) is 5.14. The highest BCUT2D eigenvalue weighted by Crippen LogP contribution is 2.34. The molecule has 6 nitrogen and oxygen atoms in total. The minimum Gasteiger partial charge on any atom is -0.421 e. The van der Waals surface area contributed by atoms with Gasteiger partial charge in [-0.25, -0.2) is 9.97 Å². The van der Waals surface area contributed by atoms with Crippen LogP contribution in [0.1, 0.15) is 32.5 Å². The molecule has 162 valence electrons. The Morgan fingerprint density at radius 3 is 2.68 bits per heavy atom. The van der Waals surface area contributed by atoms with E-state index in [1.807, 2.05) is 62.5 Å². The van der Waals surface area contributed by atoms with Crippen molar-refractivity contribution in [2.45, 2.75) is 50.7 Å². The number of benzene rings is 2. The van der Waals surface area contributed by atoms with Crippen LogP contribution in [-0.2, 0) is 13.0 Å². The van der Waals surface area contributed by atoms with Crippen LogP contribution in [0.2, 0.25) is 0 Å². The summed E-state index contributed by atoms with van der Waals surface area (Å²) < 4.78 is 8.09. The minimum absolute atomic E-state index is 0.469. The molecular formula is C24H28N4O2S. The summed E-state index contributed by atoms with van der Waals surface area (Å²) in [4.78, 5) is 10.8. The van der Waals surface area contributed by atoms with Gasteiger partial charge in [-0.15, -0.1) is 0 Å². The van der Waals surface area contributed by atoms with Gasteiger partial charge in [0, 0.05) is 29.8 Å². The first-order chi connectivity index (χ1) is 15.1. The van der Waals surface area contributed by atoms with Crippen molar-refractivity contribution in [3.8, 4) is 5.75 Å². The maximum Gasteiger partial charge on any atom is 0.154 e. The first-order valence-corrected chi connectivity index (χ1v) is 11.4. The molecule has 2 aromatic carbocycles. The average molecular weight is 437 g/mol. The quantitative estimate of drug-likeness (QED) is 0.341. The molecule has 0 saturated carbocycles. The van der Waals surface area contributed by atoms with E-state index >= 15 is 0 Å². The van der Waals surface area contributed by atoms with Crippen molar-refractivity contribution in [3.05, 3.63) is 54.4 Å². The standard InChI is InChI=1S/C24H28N4O2S/c1-4-5-11-21-27-22-23(28(21)15-16(2)29)19-13-12-17(14-20(19)26-24(22)25-3)30-31-18-9-7-6-8-10-18/h6-10,12-14,16,29H,4-5,11,15H2,1-3H3,(H,25,26). The fraction of sp³-hybridized carbons (Fsp3) is 0.333. The van der Waals surface area contributed by atoms with E-state index in [0.717, 1.165) is 63.5 Å². The molecule has 2 heterocycles. The monoisotopic (exact) mass is 436 g/mol. The Morgan fingerprint density at radius 2 is 1.97 bits per heavy atom. The van der Waals surface area contributed by atoms with Crippen LogP contribution in [0.5, 0.6) is 5.75 Å². The number of hydrogen-bond acceptors (Lipinski definition) is 6. The normalized spacial score (nSPS) is 12.4. The van der Waals surface area contributed by atoms with Crippen molar-refractivity contribution in [2.24, 2.45) is 0 Å². The molecule has 1 unspecified atom stereocenters. The van der Waals surface area contributed by atoms with Gasteiger partial charge in [-0.05, 0) is 37.6 Å². The summed E-state index contributed by atoms with van der Waals surface area (Å²) >= 11 is 1.33. The topological polar surface area (TPSA) is 72.2 Å². The lowest BCUT2D eigenvalue weighted by atomic mass is 10.1. The fourth-order valence-corrected chi connectivity index (χ4v) is 4.26. The molecular weight excluding hydrogens is 408 g/mol. The van der Waals surface area contributed by atoms with Gasteiger partial charge in [-0.2, -0.15) is 0 Å². The van der Waals surface area contributed by atoms with E-state index in [0.29, 0.717) is 6.54 Å². The largest absolute Gasteiger partial charge is 0.421 e. The number of hydrogen-bond donors (Lipinski definition) is 2. The summed E-state index contributed by atoms with van der Waals surface area (Å²) in [6.45, 7) is 4.48. The molecule has 1 atom stereocenters. The van der Waals surface area contributed by atoms with E-state index in [4.69, 9.17) is 14.2 Å². The second-order valence-corrected chi connectivity index (χ2v) is 8.46. The molecule has 0 fully saturated rings. The molecule has 0 aliphatic rings. The van der Waals surface area contributed by atoms with Crippen LogP contribution in [0.15, 0.2) is 53.4 Å². The Labute approximate surface area is 186 Å². The number of rotatable bonds is 9. The number of pyridine rings is 1. The van der Waals surface area contributed by atoms with Gasteiger partial charge in [0.05, 0.1) is 35.7 Å². The SMILES string of the molecule is CCCCc1nc2c(NC)nc3cc(OSc4ccccc4)ccc3c2n1CC(C)O. The Hall–Kier alpha value is -2.77. The van der Waals surface area contributed by atoms with Crippen LogP contribution in [0.25, 0.3) is 21.9 Å². The van der Waals surface area contributed by atoms with Gasteiger partial charge in [0.2, 0.25) is 0 Å². The van der Waals surface area contributed by atoms with Crippen molar-refractivity contribution < 1.29 is 9.29 Å². The molecule has 0 amide bonds. The number of aryl methyl sites for hydroxylation is 1. The summed E-state index contributed by atoms with van der Waals surface area (Å²) in [6, 6.07) is 15.9. The highest BCUT2D eigenvalue weighted by Gasteiger charge is 2.19. The van der Waals surface area contributed by atoms with Crippen LogP contribution in [0, 0.1) is 0 Å². The van der Waals surface area contributed by atoms with Crippen LogP contribution < -0.4 is 9.50 Å². The summed E-state index contributed by atoms with van der Waals surface area (Å²) in [6.07, 6.45) is 2.55. The second kappa shape index (κ2) is 9.58. The highest BCUT2D eigenvalue weighted by molar-refractivity contribution is 7.95. The van der Waals surface area contributed by atoms with Crippen LogP contribution in [0.3, 0.4) is 0 Å². The first kappa shape index (κ1) is 21.5. The second-order valence-electron chi connectivity index (χ2n) is 7.66. The Bertz CT molecular complexity index is 1170. The molecule has 0 aliphatic heterocycles. The zero-order valence-electron chi connectivity index (χ0n) is 18.1. The number of imidazole rings is 1. The lowest BCUT2D eigenvalue weighted by Gasteiger charge is -2.13. The first-order valence-electron chi connectivity index (χ1n) is 10.7. The van der Waals surface area contributed by atoms with Gasteiger partial charge < -0.3 is 19.2 Å². The molecule has 7 heteroatoms. The van der Waals surface area contributed by atoms with Gasteiger partial charge >= 0.3 is 0 Å². The van der Waals surface area contributed by atoms with Crippen molar-refractivity contribution >= 4 is 39.8 Å². The maximum atomic E-state index is 10.2. The maximum absolute atomic E-state index is 10.2. The van der Waals surface area contributed by atoms with Crippen molar-refractivity contribution in [2.75, 3.05) is 12.4 Å². The van der Waals surface area contributed by atoms with Gasteiger partial charge in [0.15, 0.2) is 5.82 Å². The third-order valence-corrected chi connectivity index (χ3v) is 5.88. The molecule has 0 bridgehead atoms. The zero-order chi connectivity index (χ0) is 21.8. The van der Waals surface area contributed by atoms with Crippen molar-refractivity contribution in [1.29, 1.82) is 0 Å². The number of fused-ring (bicyclic) bond motifs is 3. The third kappa shape index (κ3) is 4.62. The smallest absolute Gasteiger partial charge is 0.154 e. The Balaban J connectivity index is 1.80. The van der Waals surface area contributed by atoms with Crippen molar-refractivity contribution in [3.63, 3.8) is 0 Å². The van der Waals surface area contributed by atoms with Crippen LogP contribution >= 0.6 is 12.0 Å². The van der Waals surface area contributed by atoms with E-state index in [1.54, 1.807) is 0 Å². The summed E-state index contributed by atoms with van der Waals surface area (Å²) in [5, 5.41) is 14.3. The van der Waals surface area contributed by atoms with Gasteiger partial charge in [-0.1, -0.05) is 31.5 Å². The molecule has 31 heavy (non-hydrogen) atoms. The molecule has 0 saturated heterocycles. The van der Waals surface area contributed by atoms with E-state index in [2.05, 4.69) is 16.8 Å². The van der Waals surface area contributed by atoms with Crippen LogP contribution in [0.4, 0.5) is 5.82 Å². The number of nitrogens with one attached hydrogen (secondary N) is 1. The van der Waals surface area contributed by atoms with E-state index in [1.165, 1.54) is 12.0 Å².